The second-order valence-corrected chi connectivity index (χ2v) is 7.85. The molecule has 0 unspecified atom stereocenters. The summed E-state index contributed by atoms with van der Waals surface area (Å²) in [6.07, 6.45) is 1.52. The molecular formula is C22H33N3O2+2. The van der Waals surface area contributed by atoms with Crippen molar-refractivity contribution < 1.29 is 19.7 Å². The number of ether oxygens (including phenoxy) is 1. The van der Waals surface area contributed by atoms with Crippen LogP contribution in [0.3, 0.4) is 0 Å². The summed E-state index contributed by atoms with van der Waals surface area (Å²) in [5, 5.41) is 10.5. The lowest BCUT2D eigenvalue weighted by Crippen LogP contribution is -3.16. The first kappa shape index (κ1) is 19.6. The van der Waals surface area contributed by atoms with E-state index in [9.17, 15) is 5.11 Å². The molecule has 0 amide bonds. The summed E-state index contributed by atoms with van der Waals surface area (Å²) < 4.78 is 5.99. The molecule has 5 heteroatoms. The monoisotopic (exact) mass is 371 g/mol. The van der Waals surface area contributed by atoms with E-state index in [4.69, 9.17) is 4.74 Å². The van der Waals surface area contributed by atoms with Gasteiger partial charge in [-0.1, -0.05) is 32.0 Å². The Kier molecular flexibility index (Phi) is 6.69. The Morgan fingerprint density at radius 2 is 1.96 bits per heavy atom. The normalized spacial score (nSPS) is 16.6. The minimum absolute atomic E-state index is 0.350. The van der Waals surface area contributed by atoms with Crippen LogP contribution in [0.15, 0.2) is 42.6 Å². The SMILES string of the molecule is Cc1ccc(C(C)C)c(OC[C@@H](O)C[NH+]2CCN(c3cccc[nH+]3)CC2)c1. The molecule has 1 aliphatic rings. The Labute approximate surface area is 162 Å². The van der Waals surface area contributed by atoms with Gasteiger partial charge in [0.2, 0.25) is 0 Å². The van der Waals surface area contributed by atoms with Crippen LogP contribution >= 0.6 is 0 Å². The van der Waals surface area contributed by atoms with Gasteiger partial charge in [0.25, 0.3) is 5.82 Å². The Balaban J connectivity index is 1.47. The van der Waals surface area contributed by atoms with Gasteiger partial charge in [0.05, 0.1) is 6.20 Å². The smallest absolute Gasteiger partial charge is 0.274 e. The van der Waals surface area contributed by atoms with Crippen LogP contribution < -0.4 is 19.5 Å². The molecule has 0 bridgehead atoms. The lowest BCUT2D eigenvalue weighted by atomic mass is 10.0. The number of hydrogen-bond donors (Lipinski definition) is 2. The summed E-state index contributed by atoms with van der Waals surface area (Å²) in [6, 6.07) is 12.5. The maximum atomic E-state index is 10.5. The molecule has 1 aromatic carbocycles. The molecule has 1 fully saturated rings. The van der Waals surface area contributed by atoms with Gasteiger partial charge in [-0.2, -0.15) is 0 Å². The van der Waals surface area contributed by atoms with E-state index in [2.05, 4.69) is 61.0 Å². The molecule has 27 heavy (non-hydrogen) atoms. The van der Waals surface area contributed by atoms with Gasteiger partial charge < -0.3 is 14.7 Å². The molecule has 1 aromatic heterocycles. The first-order valence-corrected chi connectivity index (χ1v) is 9.99. The Hall–Kier alpha value is -2.11. The number of nitrogens with one attached hydrogen (secondary N) is 2. The van der Waals surface area contributed by atoms with E-state index in [1.807, 2.05) is 12.3 Å². The molecule has 5 nitrogen and oxygen atoms in total. The average Bonchev–Trinajstić information content (AvgIpc) is 2.67. The molecule has 1 atom stereocenters. The third-order valence-electron chi connectivity index (χ3n) is 5.25. The van der Waals surface area contributed by atoms with Crippen molar-refractivity contribution in [2.24, 2.45) is 0 Å². The fraction of sp³-hybridized carbons (Fsp3) is 0.500. The predicted octanol–water partition coefficient (Wildman–Crippen LogP) is 1.08. The highest BCUT2D eigenvalue weighted by molar-refractivity contribution is 5.39. The summed E-state index contributed by atoms with van der Waals surface area (Å²) in [6.45, 7) is 11.5. The van der Waals surface area contributed by atoms with Crippen molar-refractivity contribution in [1.82, 2.24) is 0 Å². The van der Waals surface area contributed by atoms with Crippen molar-refractivity contribution in [2.75, 3.05) is 44.2 Å². The number of H-pyrrole nitrogens is 1. The van der Waals surface area contributed by atoms with Gasteiger partial charge >= 0.3 is 0 Å². The van der Waals surface area contributed by atoms with Gasteiger partial charge in [0.1, 0.15) is 51.2 Å². The highest BCUT2D eigenvalue weighted by Gasteiger charge is 2.27. The fourth-order valence-corrected chi connectivity index (χ4v) is 3.67. The number of quaternary nitrogens is 1. The van der Waals surface area contributed by atoms with E-state index < -0.39 is 6.10 Å². The Bertz CT molecular complexity index is 713. The van der Waals surface area contributed by atoms with Crippen LogP contribution in [0.1, 0.15) is 30.9 Å². The van der Waals surface area contributed by atoms with Crippen molar-refractivity contribution >= 4 is 5.82 Å². The van der Waals surface area contributed by atoms with E-state index >= 15 is 0 Å². The zero-order valence-corrected chi connectivity index (χ0v) is 16.7. The van der Waals surface area contributed by atoms with E-state index in [0.29, 0.717) is 12.5 Å². The van der Waals surface area contributed by atoms with E-state index in [0.717, 1.165) is 38.5 Å². The molecule has 146 valence electrons. The second-order valence-electron chi connectivity index (χ2n) is 7.85. The van der Waals surface area contributed by atoms with Crippen LogP contribution in [-0.2, 0) is 0 Å². The fourth-order valence-electron chi connectivity index (χ4n) is 3.67. The zero-order valence-electron chi connectivity index (χ0n) is 16.7. The molecule has 2 heterocycles. The van der Waals surface area contributed by atoms with Gasteiger partial charge in [-0.05, 0) is 36.1 Å². The van der Waals surface area contributed by atoms with Gasteiger partial charge in [0, 0.05) is 6.07 Å². The molecule has 0 radical (unpaired) electrons. The third kappa shape index (κ3) is 5.44. The van der Waals surface area contributed by atoms with E-state index in [1.165, 1.54) is 21.8 Å². The predicted molar refractivity (Wildman–Crippen MR) is 108 cm³/mol. The van der Waals surface area contributed by atoms with Crippen LogP contribution in [0.4, 0.5) is 5.82 Å². The zero-order chi connectivity index (χ0) is 19.2. The van der Waals surface area contributed by atoms with Crippen LogP contribution in [0.2, 0.25) is 0 Å². The summed E-state index contributed by atoms with van der Waals surface area (Å²) in [5.74, 6) is 2.48. The van der Waals surface area contributed by atoms with Gasteiger partial charge in [-0.3, -0.25) is 4.90 Å². The molecule has 3 rings (SSSR count). The summed E-state index contributed by atoms with van der Waals surface area (Å²) in [4.78, 5) is 7.10. The number of aromatic nitrogens is 1. The molecular weight excluding hydrogens is 338 g/mol. The molecule has 0 aliphatic carbocycles. The van der Waals surface area contributed by atoms with Gasteiger partial charge in [-0.25, -0.2) is 4.98 Å². The molecule has 0 saturated carbocycles. The summed E-state index contributed by atoms with van der Waals surface area (Å²) in [5.41, 5.74) is 2.39. The summed E-state index contributed by atoms with van der Waals surface area (Å²) >= 11 is 0. The lowest BCUT2D eigenvalue weighted by Gasteiger charge is -2.29. The number of hydrogen-bond acceptors (Lipinski definition) is 3. The van der Waals surface area contributed by atoms with Crippen molar-refractivity contribution in [3.05, 3.63) is 53.7 Å². The molecule has 0 spiro atoms. The van der Waals surface area contributed by atoms with E-state index in [-0.39, 0.29) is 0 Å². The first-order chi connectivity index (χ1) is 13.0. The van der Waals surface area contributed by atoms with Crippen LogP contribution in [-0.4, -0.2) is 50.5 Å². The van der Waals surface area contributed by atoms with Gasteiger partial charge in [-0.15, -0.1) is 0 Å². The van der Waals surface area contributed by atoms with Crippen LogP contribution in [0, 0.1) is 6.92 Å². The molecule has 3 N–H and O–H groups in total. The van der Waals surface area contributed by atoms with Crippen molar-refractivity contribution in [2.45, 2.75) is 32.8 Å². The topological polar surface area (TPSA) is 51.3 Å². The number of aryl methyl sites for hydroxylation is 1. The number of anilines is 1. The first-order valence-electron chi connectivity index (χ1n) is 9.99. The number of aliphatic hydroxyl groups is 1. The number of benzene rings is 1. The van der Waals surface area contributed by atoms with Crippen LogP contribution in [0.5, 0.6) is 5.75 Å². The minimum Gasteiger partial charge on any atom is -0.490 e. The molecule has 1 aliphatic heterocycles. The molecule has 2 aromatic rings. The Morgan fingerprint density at radius 1 is 1.19 bits per heavy atom. The lowest BCUT2D eigenvalue weighted by molar-refractivity contribution is -0.903. The van der Waals surface area contributed by atoms with Crippen molar-refractivity contribution in [3.8, 4) is 5.75 Å². The third-order valence-corrected chi connectivity index (χ3v) is 5.25. The standard InChI is InChI=1S/C22H31N3O2/c1-17(2)20-8-7-18(3)14-21(20)27-16-19(26)15-24-10-12-25(13-11-24)22-6-4-5-9-23-22/h4-9,14,17,19,26H,10-13,15-16H2,1-3H3/p+2/t19-/m0/s1. The quantitative estimate of drug-likeness (QED) is 0.766. The average molecular weight is 372 g/mol. The highest BCUT2D eigenvalue weighted by atomic mass is 16.5. The van der Waals surface area contributed by atoms with Gasteiger partial charge in [0.15, 0.2) is 0 Å². The number of aliphatic hydroxyl groups excluding tert-OH is 1. The molecule has 1 saturated heterocycles. The number of rotatable bonds is 7. The van der Waals surface area contributed by atoms with Crippen molar-refractivity contribution in [3.63, 3.8) is 0 Å². The minimum atomic E-state index is -0.449. The van der Waals surface area contributed by atoms with E-state index in [1.54, 1.807) is 0 Å². The maximum absolute atomic E-state index is 10.5. The number of pyridine rings is 1. The highest BCUT2D eigenvalue weighted by Crippen LogP contribution is 2.27. The number of nitrogens with zero attached hydrogens (tertiary/aromatic N) is 1. The summed E-state index contributed by atoms with van der Waals surface area (Å²) in [7, 11) is 0. The largest absolute Gasteiger partial charge is 0.490 e. The van der Waals surface area contributed by atoms with Crippen molar-refractivity contribution in [1.29, 1.82) is 0 Å². The Morgan fingerprint density at radius 3 is 2.63 bits per heavy atom. The number of piperazine rings is 1. The van der Waals surface area contributed by atoms with Crippen LogP contribution in [0.25, 0.3) is 0 Å². The second kappa shape index (κ2) is 9.20. The number of aromatic amines is 1. The maximum Gasteiger partial charge on any atom is 0.274 e.